The third-order valence-corrected chi connectivity index (χ3v) is 6.18. The van der Waals surface area contributed by atoms with Crippen molar-refractivity contribution < 1.29 is 17.4 Å². The molecule has 0 saturated carbocycles. The van der Waals surface area contributed by atoms with E-state index in [1.807, 2.05) is 30.3 Å². The monoisotopic (exact) mass is 373 g/mol. The predicted molar refractivity (Wildman–Crippen MR) is 96.4 cm³/mol. The van der Waals surface area contributed by atoms with Crippen LogP contribution in [0.5, 0.6) is 0 Å². The van der Waals surface area contributed by atoms with E-state index in [0.717, 1.165) is 5.69 Å². The van der Waals surface area contributed by atoms with E-state index in [-0.39, 0.29) is 5.09 Å². The van der Waals surface area contributed by atoms with E-state index in [2.05, 4.69) is 10.1 Å². The Morgan fingerprint density at radius 2 is 1.69 bits per heavy atom. The molecule has 1 fully saturated rings. The summed E-state index contributed by atoms with van der Waals surface area (Å²) in [6, 6.07) is 14.7. The number of benzene rings is 1. The highest BCUT2D eigenvalue weighted by molar-refractivity contribution is 7.89. The number of para-hydroxylation sites is 1. The van der Waals surface area contributed by atoms with Gasteiger partial charge in [0.05, 0.1) is 5.69 Å². The largest absolute Gasteiger partial charge is 0.440 e. The molecule has 0 unspecified atom stereocenters. The Kier molecular flexibility index (Phi) is 4.29. The highest BCUT2D eigenvalue weighted by Gasteiger charge is 2.31. The van der Waals surface area contributed by atoms with Gasteiger partial charge in [-0.15, -0.1) is 0 Å². The van der Waals surface area contributed by atoms with Crippen LogP contribution in [-0.4, -0.2) is 44.1 Å². The van der Waals surface area contributed by atoms with Gasteiger partial charge < -0.3 is 13.8 Å². The predicted octanol–water partition coefficient (Wildman–Crippen LogP) is 2.75. The highest BCUT2D eigenvalue weighted by atomic mass is 32.2. The SMILES string of the molecule is Cc1cc(-c2ccc(S(=O)(=O)N3CCN(c4ccccc4)CC3)o2)on1. The van der Waals surface area contributed by atoms with Crippen molar-refractivity contribution >= 4 is 15.7 Å². The maximum absolute atomic E-state index is 12.8. The van der Waals surface area contributed by atoms with Gasteiger partial charge in [-0.05, 0) is 31.2 Å². The van der Waals surface area contributed by atoms with Crippen LogP contribution >= 0.6 is 0 Å². The summed E-state index contributed by atoms with van der Waals surface area (Å²) in [5.74, 6) is 0.768. The number of hydrogen-bond acceptors (Lipinski definition) is 6. The van der Waals surface area contributed by atoms with E-state index < -0.39 is 10.0 Å². The van der Waals surface area contributed by atoms with Gasteiger partial charge >= 0.3 is 0 Å². The van der Waals surface area contributed by atoms with Crippen LogP contribution in [0.3, 0.4) is 0 Å². The Morgan fingerprint density at radius 1 is 0.962 bits per heavy atom. The second-order valence-electron chi connectivity index (χ2n) is 6.18. The zero-order valence-electron chi connectivity index (χ0n) is 14.3. The molecule has 26 heavy (non-hydrogen) atoms. The van der Waals surface area contributed by atoms with Crippen molar-refractivity contribution in [3.63, 3.8) is 0 Å². The van der Waals surface area contributed by atoms with Crippen LogP contribution in [0.15, 0.2) is 62.6 Å². The number of rotatable bonds is 4. The van der Waals surface area contributed by atoms with Gasteiger partial charge in [0.1, 0.15) is 0 Å². The Hall–Kier alpha value is -2.58. The highest BCUT2D eigenvalue weighted by Crippen LogP contribution is 2.27. The number of sulfonamides is 1. The second-order valence-corrected chi connectivity index (χ2v) is 8.05. The average molecular weight is 373 g/mol. The van der Waals surface area contributed by atoms with Crippen molar-refractivity contribution in [2.24, 2.45) is 0 Å². The van der Waals surface area contributed by atoms with Crippen molar-refractivity contribution in [3.8, 4) is 11.5 Å². The van der Waals surface area contributed by atoms with Crippen LogP contribution in [0.4, 0.5) is 5.69 Å². The molecule has 8 heteroatoms. The molecule has 3 aromatic rings. The van der Waals surface area contributed by atoms with E-state index >= 15 is 0 Å². The topological polar surface area (TPSA) is 79.8 Å². The molecule has 0 bridgehead atoms. The summed E-state index contributed by atoms with van der Waals surface area (Å²) in [6.45, 7) is 3.89. The smallest absolute Gasteiger partial charge is 0.276 e. The van der Waals surface area contributed by atoms with Crippen molar-refractivity contribution in [2.75, 3.05) is 31.1 Å². The van der Waals surface area contributed by atoms with E-state index in [9.17, 15) is 8.42 Å². The van der Waals surface area contributed by atoms with Crippen LogP contribution in [0.2, 0.25) is 0 Å². The summed E-state index contributed by atoms with van der Waals surface area (Å²) in [6.07, 6.45) is 0. The zero-order chi connectivity index (χ0) is 18.1. The minimum absolute atomic E-state index is 0.0743. The number of aromatic nitrogens is 1. The fourth-order valence-corrected chi connectivity index (χ4v) is 4.36. The molecule has 0 radical (unpaired) electrons. The van der Waals surface area contributed by atoms with Gasteiger partial charge in [0, 0.05) is 37.9 Å². The summed E-state index contributed by atoms with van der Waals surface area (Å²) >= 11 is 0. The summed E-state index contributed by atoms with van der Waals surface area (Å²) in [4.78, 5) is 2.18. The number of nitrogens with zero attached hydrogens (tertiary/aromatic N) is 3. The number of furan rings is 1. The molecule has 1 saturated heterocycles. The van der Waals surface area contributed by atoms with Crippen LogP contribution in [0.25, 0.3) is 11.5 Å². The molecule has 3 heterocycles. The number of piperazine rings is 1. The quantitative estimate of drug-likeness (QED) is 0.700. The standard InChI is InChI=1S/C18H19N3O4S/c1-14-13-17(25-19-14)16-7-8-18(24-16)26(22,23)21-11-9-20(10-12-21)15-5-3-2-4-6-15/h2-8,13H,9-12H2,1H3. The first-order valence-corrected chi connectivity index (χ1v) is 9.82. The van der Waals surface area contributed by atoms with Crippen molar-refractivity contribution in [3.05, 3.63) is 54.2 Å². The molecule has 1 aliphatic heterocycles. The molecule has 0 amide bonds. The van der Waals surface area contributed by atoms with Gasteiger partial charge in [-0.3, -0.25) is 0 Å². The van der Waals surface area contributed by atoms with E-state index in [1.54, 1.807) is 19.1 Å². The van der Waals surface area contributed by atoms with Gasteiger partial charge in [0.25, 0.3) is 10.0 Å². The fourth-order valence-electron chi connectivity index (χ4n) is 3.02. The molecule has 4 rings (SSSR count). The van der Waals surface area contributed by atoms with Crippen molar-refractivity contribution in [1.82, 2.24) is 9.46 Å². The van der Waals surface area contributed by atoms with Gasteiger partial charge in [0.15, 0.2) is 5.76 Å². The summed E-state index contributed by atoms with van der Waals surface area (Å²) in [5, 5.41) is 3.72. The van der Waals surface area contributed by atoms with Gasteiger partial charge in [-0.2, -0.15) is 4.31 Å². The number of hydrogen-bond donors (Lipinski definition) is 0. The maximum Gasteiger partial charge on any atom is 0.276 e. The minimum Gasteiger partial charge on any atom is -0.440 e. The zero-order valence-corrected chi connectivity index (χ0v) is 15.1. The molecule has 2 aromatic heterocycles. The number of anilines is 1. The molecule has 0 spiro atoms. The van der Waals surface area contributed by atoms with E-state index in [0.29, 0.717) is 43.4 Å². The van der Waals surface area contributed by atoms with Crippen molar-refractivity contribution in [2.45, 2.75) is 12.0 Å². The maximum atomic E-state index is 12.8. The first kappa shape index (κ1) is 16.9. The normalized spacial score (nSPS) is 16.1. The van der Waals surface area contributed by atoms with Crippen LogP contribution in [-0.2, 0) is 10.0 Å². The minimum atomic E-state index is -3.67. The lowest BCUT2D eigenvalue weighted by Crippen LogP contribution is -2.48. The molecular weight excluding hydrogens is 354 g/mol. The summed E-state index contributed by atoms with van der Waals surface area (Å²) < 4.78 is 37.8. The number of aryl methyl sites for hydroxylation is 1. The summed E-state index contributed by atoms with van der Waals surface area (Å²) in [5.41, 5.74) is 1.81. The summed E-state index contributed by atoms with van der Waals surface area (Å²) in [7, 11) is -3.67. The Balaban J connectivity index is 1.49. The van der Waals surface area contributed by atoms with Gasteiger partial charge in [0.2, 0.25) is 10.9 Å². The molecular formula is C18H19N3O4S. The first-order valence-electron chi connectivity index (χ1n) is 8.38. The van der Waals surface area contributed by atoms with E-state index in [1.165, 1.54) is 10.4 Å². The first-order chi connectivity index (χ1) is 12.5. The van der Waals surface area contributed by atoms with Gasteiger partial charge in [-0.25, -0.2) is 8.42 Å². The third-order valence-electron chi connectivity index (χ3n) is 4.41. The Bertz CT molecular complexity index is 986. The van der Waals surface area contributed by atoms with E-state index in [4.69, 9.17) is 8.94 Å². The van der Waals surface area contributed by atoms with Gasteiger partial charge in [-0.1, -0.05) is 23.4 Å². The fraction of sp³-hybridized carbons (Fsp3) is 0.278. The molecule has 136 valence electrons. The Labute approximate surface area is 151 Å². The molecule has 0 aliphatic carbocycles. The lowest BCUT2D eigenvalue weighted by molar-refractivity contribution is 0.358. The average Bonchev–Trinajstić information content (AvgIpc) is 3.32. The Morgan fingerprint density at radius 3 is 2.35 bits per heavy atom. The third kappa shape index (κ3) is 3.13. The van der Waals surface area contributed by atoms with Crippen LogP contribution in [0, 0.1) is 6.92 Å². The van der Waals surface area contributed by atoms with Crippen molar-refractivity contribution in [1.29, 1.82) is 0 Å². The molecule has 0 N–H and O–H groups in total. The second kappa shape index (κ2) is 6.62. The lowest BCUT2D eigenvalue weighted by atomic mass is 10.2. The molecule has 1 aromatic carbocycles. The lowest BCUT2D eigenvalue weighted by Gasteiger charge is -2.34. The molecule has 7 nitrogen and oxygen atoms in total. The molecule has 0 atom stereocenters. The molecule has 1 aliphatic rings. The van der Waals surface area contributed by atoms with Crippen LogP contribution in [0.1, 0.15) is 5.69 Å². The van der Waals surface area contributed by atoms with Crippen LogP contribution < -0.4 is 4.90 Å².